The van der Waals surface area contributed by atoms with Gasteiger partial charge in [-0.2, -0.15) is 5.26 Å². The van der Waals surface area contributed by atoms with Crippen molar-refractivity contribution < 1.29 is 22.3 Å². The Labute approximate surface area is 285 Å². The number of nitriles is 1. The second-order valence-electron chi connectivity index (χ2n) is 12.8. The number of pyridine rings is 1. The van der Waals surface area contributed by atoms with Crippen molar-refractivity contribution in [1.29, 1.82) is 5.26 Å². The molecular weight excluding hydrogens is 660 g/mol. The average Bonchev–Trinajstić information content (AvgIpc) is 3.55. The molecule has 2 N–H and O–H groups in total. The molecule has 1 aliphatic heterocycles. The molecule has 5 aromatic rings. The van der Waals surface area contributed by atoms with Crippen molar-refractivity contribution in [2.24, 2.45) is 0 Å². The lowest BCUT2D eigenvalue weighted by atomic mass is 9.98. The fraction of sp³-hybridized carbons (Fsp3) is 0.314. The van der Waals surface area contributed by atoms with Crippen LogP contribution in [0.2, 0.25) is 5.02 Å². The third-order valence-corrected chi connectivity index (χ3v) is 8.81. The van der Waals surface area contributed by atoms with Gasteiger partial charge in [0.25, 0.3) is 0 Å². The van der Waals surface area contributed by atoms with Crippen LogP contribution in [0.4, 0.5) is 34.6 Å². The van der Waals surface area contributed by atoms with Crippen LogP contribution >= 0.6 is 11.6 Å². The third kappa shape index (κ3) is 7.71. The molecule has 1 atom stereocenters. The fourth-order valence-electron chi connectivity index (χ4n) is 6.03. The Kier molecular flexibility index (Phi) is 9.37. The molecule has 0 radical (unpaired) electrons. The molecule has 1 unspecified atom stereocenters. The normalized spacial score (nSPS) is 15.2. The summed E-state index contributed by atoms with van der Waals surface area (Å²) in [6.45, 7) is 8.58. The third-order valence-electron chi connectivity index (χ3n) is 8.53. The number of hydrogen-bond acceptors (Lipinski definition) is 8. The highest BCUT2D eigenvalue weighted by atomic mass is 35.5. The van der Waals surface area contributed by atoms with E-state index in [9.17, 15) is 22.8 Å². The molecule has 0 saturated carbocycles. The van der Waals surface area contributed by atoms with Crippen molar-refractivity contribution >= 4 is 39.6 Å². The number of piperidine rings is 1. The Morgan fingerprint density at radius 2 is 1.76 bits per heavy atom. The van der Waals surface area contributed by atoms with E-state index in [4.69, 9.17) is 11.6 Å². The number of alkyl halides is 3. The maximum Gasteiger partial charge on any atom is 0.573 e. The summed E-state index contributed by atoms with van der Waals surface area (Å²) in [7, 11) is 0. The molecule has 6 rings (SSSR count). The van der Waals surface area contributed by atoms with E-state index in [1.807, 2.05) is 41.2 Å². The van der Waals surface area contributed by atoms with E-state index < -0.39 is 24.0 Å². The molecule has 254 valence electrons. The van der Waals surface area contributed by atoms with Crippen LogP contribution in [0, 0.1) is 17.1 Å². The predicted molar refractivity (Wildman–Crippen MR) is 179 cm³/mol. The van der Waals surface area contributed by atoms with Gasteiger partial charge in [-0.1, -0.05) is 47.1 Å². The minimum Gasteiger partial charge on any atom is -0.403 e. The van der Waals surface area contributed by atoms with Crippen LogP contribution < -0.4 is 15.4 Å². The zero-order valence-electron chi connectivity index (χ0n) is 26.9. The number of benzene rings is 3. The summed E-state index contributed by atoms with van der Waals surface area (Å²) in [5.74, 6) is -2.22. The van der Waals surface area contributed by atoms with E-state index >= 15 is 0 Å². The van der Waals surface area contributed by atoms with E-state index in [0.717, 1.165) is 43.6 Å². The quantitative estimate of drug-likeness (QED) is 0.156. The lowest BCUT2D eigenvalue weighted by Gasteiger charge is -2.40. The Bertz CT molecular complexity index is 2000. The van der Waals surface area contributed by atoms with Gasteiger partial charge in [-0.3, -0.25) is 9.88 Å². The molecule has 2 aromatic heterocycles. The summed E-state index contributed by atoms with van der Waals surface area (Å²) in [5, 5.41) is 26.1. The molecule has 1 aliphatic rings. The van der Waals surface area contributed by atoms with Crippen LogP contribution in [0.3, 0.4) is 0 Å². The second-order valence-corrected chi connectivity index (χ2v) is 13.2. The molecule has 0 spiro atoms. The molecule has 3 aromatic carbocycles. The predicted octanol–water partition coefficient (Wildman–Crippen LogP) is 8.77. The largest absolute Gasteiger partial charge is 0.573 e. The number of hydrogen-bond donors (Lipinski definition) is 2. The smallest absolute Gasteiger partial charge is 0.403 e. The highest BCUT2D eigenvalue weighted by Crippen LogP contribution is 2.38. The van der Waals surface area contributed by atoms with Gasteiger partial charge in [0, 0.05) is 47.7 Å². The minimum absolute atomic E-state index is 0.0474. The van der Waals surface area contributed by atoms with Crippen LogP contribution in [-0.2, 0) is 0 Å². The summed E-state index contributed by atoms with van der Waals surface area (Å²) in [6.07, 6.45) is 0.0656. The summed E-state index contributed by atoms with van der Waals surface area (Å²) < 4.78 is 58.6. The Morgan fingerprint density at radius 1 is 1.02 bits per heavy atom. The summed E-state index contributed by atoms with van der Waals surface area (Å²) in [6, 6.07) is 17.9. The maximum atomic E-state index is 14.2. The molecule has 14 heteroatoms. The molecule has 1 fully saturated rings. The zero-order chi connectivity index (χ0) is 34.9. The van der Waals surface area contributed by atoms with Crippen molar-refractivity contribution in [3.05, 3.63) is 101 Å². The van der Waals surface area contributed by atoms with Crippen molar-refractivity contribution in [2.45, 2.75) is 57.6 Å². The first-order chi connectivity index (χ1) is 23.3. The molecule has 49 heavy (non-hydrogen) atoms. The zero-order valence-corrected chi connectivity index (χ0v) is 27.6. The van der Waals surface area contributed by atoms with Gasteiger partial charge in [0.2, 0.25) is 0 Å². The van der Waals surface area contributed by atoms with Crippen LogP contribution in [0.15, 0.2) is 73.1 Å². The van der Waals surface area contributed by atoms with Gasteiger partial charge in [-0.05, 0) is 63.4 Å². The van der Waals surface area contributed by atoms with Crippen molar-refractivity contribution in [3.8, 4) is 11.8 Å². The number of anilines is 3. The van der Waals surface area contributed by atoms with Gasteiger partial charge < -0.3 is 15.4 Å². The highest BCUT2D eigenvalue weighted by Gasteiger charge is 2.33. The topological polar surface area (TPSA) is 104 Å². The summed E-state index contributed by atoms with van der Waals surface area (Å²) >= 11 is 6.73. The molecule has 0 amide bonds. The number of nitrogens with zero attached hydrogens (tertiary/aromatic N) is 6. The standard InChI is InChI=1S/C35H33ClF4N8O/c1-34(2,3)47-13-11-25(12-14-47)48-20-29(45-46-48)32(21-7-5-4-6-8-21)44-24-15-26-31(22(18-41)19-42-33(26)27(36)16-24)43-23-9-10-28(37)30(17-23)49-35(38,39)40/h4-10,15-17,19-20,25,32,44H,11-14H2,1-3H3,(H,42,43). The molecule has 1 saturated heterocycles. The van der Waals surface area contributed by atoms with Gasteiger partial charge in [0.05, 0.1) is 40.1 Å². The van der Waals surface area contributed by atoms with Gasteiger partial charge >= 0.3 is 6.36 Å². The molecular formula is C35H33ClF4N8O. The number of halogens is 5. The number of likely N-dealkylation sites (tertiary alicyclic amines) is 1. The molecule has 0 aliphatic carbocycles. The number of aromatic nitrogens is 4. The van der Waals surface area contributed by atoms with E-state index in [2.05, 4.69) is 62.4 Å². The Morgan fingerprint density at radius 3 is 2.43 bits per heavy atom. The van der Waals surface area contributed by atoms with Gasteiger partial charge in [-0.15, -0.1) is 18.3 Å². The summed E-state index contributed by atoms with van der Waals surface area (Å²) in [4.78, 5) is 6.83. The fourth-order valence-corrected chi connectivity index (χ4v) is 6.30. The molecule has 9 nitrogen and oxygen atoms in total. The van der Waals surface area contributed by atoms with Crippen LogP contribution in [-0.4, -0.2) is 49.9 Å². The van der Waals surface area contributed by atoms with Crippen molar-refractivity contribution in [3.63, 3.8) is 0 Å². The lowest BCUT2D eigenvalue weighted by molar-refractivity contribution is -0.275. The lowest BCUT2D eigenvalue weighted by Crippen LogP contribution is -2.46. The first-order valence-electron chi connectivity index (χ1n) is 15.6. The number of fused-ring (bicyclic) bond motifs is 1. The number of rotatable bonds is 8. The number of ether oxygens (including phenoxy) is 1. The average molecular weight is 693 g/mol. The van der Waals surface area contributed by atoms with E-state index in [1.165, 1.54) is 12.3 Å². The van der Waals surface area contributed by atoms with Crippen molar-refractivity contribution in [2.75, 3.05) is 23.7 Å². The van der Waals surface area contributed by atoms with Crippen LogP contribution in [0.25, 0.3) is 10.9 Å². The highest BCUT2D eigenvalue weighted by molar-refractivity contribution is 6.36. The van der Waals surface area contributed by atoms with Crippen LogP contribution in [0.1, 0.15) is 62.5 Å². The molecule has 0 bridgehead atoms. The molecule has 3 heterocycles. The Hall–Kier alpha value is -4.93. The Balaban J connectivity index is 1.34. The minimum atomic E-state index is -5.10. The van der Waals surface area contributed by atoms with Gasteiger partial charge in [-0.25, -0.2) is 9.07 Å². The SMILES string of the molecule is CC(C)(C)N1CCC(n2cc(C(Nc3cc(Cl)c4ncc(C#N)c(Nc5ccc(F)c(OC(F)(F)F)c5)c4c3)c3ccccc3)nn2)CC1. The van der Waals surface area contributed by atoms with Crippen molar-refractivity contribution in [1.82, 2.24) is 24.9 Å². The second kappa shape index (κ2) is 13.5. The maximum absolute atomic E-state index is 14.2. The number of nitrogens with one attached hydrogen (secondary N) is 2. The first-order valence-corrected chi connectivity index (χ1v) is 16.0. The van der Waals surface area contributed by atoms with Crippen LogP contribution in [0.5, 0.6) is 5.75 Å². The monoisotopic (exact) mass is 692 g/mol. The van der Waals surface area contributed by atoms with Gasteiger partial charge in [0.1, 0.15) is 11.8 Å². The van der Waals surface area contributed by atoms with Gasteiger partial charge in [0.15, 0.2) is 11.6 Å². The van der Waals surface area contributed by atoms with E-state index in [0.29, 0.717) is 22.3 Å². The van der Waals surface area contributed by atoms with E-state index in [-0.39, 0.29) is 33.5 Å². The van der Waals surface area contributed by atoms with E-state index in [1.54, 1.807) is 12.1 Å². The first kappa shape index (κ1) is 34.0. The summed E-state index contributed by atoms with van der Waals surface area (Å²) in [5.41, 5.74) is 2.95.